The molecule has 1 aromatic rings. The van der Waals surface area contributed by atoms with Crippen LogP contribution < -0.4 is 0 Å². The summed E-state index contributed by atoms with van der Waals surface area (Å²) in [5.74, 6) is -3.67. The van der Waals surface area contributed by atoms with Crippen LogP contribution in [0.15, 0.2) is 30.3 Å². The molecule has 35 heavy (non-hydrogen) atoms. The zero-order chi connectivity index (χ0) is 25.4. The molecule has 2 heterocycles. The lowest BCUT2D eigenvalue weighted by Crippen LogP contribution is -2.82. The fourth-order valence-electron chi connectivity index (χ4n) is 7.07. The Morgan fingerprint density at radius 2 is 1.83 bits per heavy atom. The number of ketones is 1. The average Bonchev–Trinajstić information content (AvgIpc) is 3.21. The number of rotatable bonds is 5. The van der Waals surface area contributed by atoms with E-state index in [4.69, 9.17) is 14.2 Å². The lowest BCUT2D eigenvalue weighted by Gasteiger charge is -2.64. The average molecular weight is 488 g/mol. The second kappa shape index (κ2) is 7.59. The third kappa shape index (κ3) is 2.75. The Morgan fingerprint density at radius 3 is 2.51 bits per heavy atom. The molecule has 0 unspecified atom stereocenters. The van der Waals surface area contributed by atoms with Gasteiger partial charge in [-0.2, -0.15) is 0 Å². The van der Waals surface area contributed by atoms with Crippen LogP contribution in [0.2, 0.25) is 0 Å². The molecule has 188 valence electrons. The van der Waals surface area contributed by atoms with Crippen molar-refractivity contribution in [1.82, 2.24) is 0 Å². The van der Waals surface area contributed by atoms with Gasteiger partial charge >= 0.3 is 17.9 Å². The van der Waals surface area contributed by atoms with Crippen molar-refractivity contribution in [3.8, 4) is 0 Å². The van der Waals surface area contributed by atoms with Crippen LogP contribution in [0.1, 0.15) is 49.9 Å². The minimum absolute atomic E-state index is 0.0613. The first-order chi connectivity index (χ1) is 16.4. The van der Waals surface area contributed by atoms with Crippen LogP contribution in [0.5, 0.6) is 0 Å². The van der Waals surface area contributed by atoms with Crippen LogP contribution in [0.25, 0.3) is 0 Å². The van der Waals surface area contributed by atoms with E-state index in [1.807, 2.05) is 0 Å². The zero-order valence-electron chi connectivity index (χ0n) is 19.4. The van der Waals surface area contributed by atoms with E-state index >= 15 is 0 Å². The molecule has 4 aliphatic rings. The molecule has 2 bridgehead atoms. The number of esters is 3. The summed E-state index contributed by atoms with van der Waals surface area (Å²) in [6.45, 7) is 2.71. The number of carbonyl (C=O) groups excluding carboxylic acids is 4. The molecule has 1 aromatic carbocycles. The molecule has 0 amide bonds. The zero-order valence-corrected chi connectivity index (χ0v) is 19.4. The molecular weight excluding hydrogens is 460 g/mol. The first-order valence-corrected chi connectivity index (χ1v) is 11.7. The second-order valence-corrected chi connectivity index (χ2v) is 10.4. The molecule has 2 aliphatic carbocycles. The summed E-state index contributed by atoms with van der Waals surface area (Å²) in [4.78, 5) is 50.5. The highest BCUT2D eigenvalue weighted by Gasteiger charge is 2.88. The molecule has 8 atom stereocenters. The Balaban J connectivity index is 1.46. The van der Waals surface area contributed by atoms with E-state index in [2.05, 4.69) is 0 Å². The predicted molar refractivity (Wildman–Crippen MR) is 116 cm³/mol. The lowest BCUT2D eigenvalue weighted by atomic mass is 9.44. The monoisotopic (exact) mass is 488 g/mol. The van der Waals surface area contributed by atoms with Crippen LogP contribution in [0, 0.1) is 16.7 Å². The van der Waals surface area contributed by atoms with E-state index in [9.17, 15) is 34.5 Å². The van der Waals surface area contributed by atoms with E-state index in [0.717, 1.165) is 0 Å². The standard InChI is InChI=1S/C25H28O10/c1-13-10-16(34-18(27)9-8-15(26)14-6-4-3-5-7-14)25(32)22(2)12-33-21(30)24(22,31)17-11-23(13,25)19(28)20(29)35-17/h3-7,13,16-17,19,28,31-32H,8-12H2,1-2H3/t13-,16-,17-,19+,22-,23+,24-,25+/m1/s1. The maximum atomic E-state index is 12.8. The quantitative estimate of drug-likeness (QED) is 0.299. The minimum Gasteiger partial charge on any atom is -0.463 e. The van der Waals surface area contributed by atoms with Gasteiger partial charge in [0.1, 0.15) is 24.4 Å². The van der Waals surface area contributed by atoms with Crippen molar-refractivity contribution in [3.05, 3.63) is 35.9 Å². The number of aliphatic hydroxyl groups is 3. The van der Waals surface area contributed by atoms with Gasteiger partial charge in [-0.25, -0.2) is 9.59 Å². The van der Waals surface area contributed by atoms with Crippen LogP contribution in [-0.4, -0.2) is 75.1 Å². The van der Waals surface area contributed by atoms with E-state index in [0.29, 0.717) is 5.56 Å². The summed E-state index contributed by atoms with van der Waals surface area (Å²) in [6.07, 6.45) is -4.90. The summed E-state index contributed by atoms with van der Waals surface area (Å²) in [6, 6.07) is 8.47. The summed E-state index contributed by atoms with van der Waals surface area (Å²) < 4.78 is 16.1. The molecule has 2 saturated carbocycles. The first kappa shape index (κ1) is 23.9. The van der Waals surface area contributed by atoms with Crippen molar-refractivity contribution < 1.29 is 48.7 Å². The highest BCUT2D eigenvalue weighted by atomic mass is 16.6. The largest absolute Gasteiger partial charge is 0.463 e. The third-order valence-electron chi connectivity index (χ3n) is 8.99. The summed E-state index contributed by atoms with van der Waals surface area (Å²) in [7, 11) is 0. The smallest absolute Gasteiger partial charge is 0.342 e. The van der Waals surface area contributed by atoms with E-state index in [-0.39, 0.29) is 31.5 Å². The molecule has 5 rings (SSSR count). The topological polar surface area (TPSA) is 157 Å². The molecule has 10 nitrogen and oxygen atoms in total. The Labute approximate surface area is 201 Å². The van der Waals surface area contributed by atoms with Gasteiger partial charge in [0.2, 0.25) is 5.60 Å². The third-order valence-corrected chi connectivity index (χ3v) is 8.99. The first-order valence-electron chi connectivity index (χ1n) is 11.7. The molecule has 0 aromatic heterocycles. The number of hydrogen-bond donors (Lipinski definition) is 3. The van der Waals surface area contributed by atoms with Gasteiger partial charge in [0.05, 0.1) is 11.8 Å². The van der Waals surface area contributed by atoms with Crippen molar-refractivity contribution in [2.45, 2.75) is 69.0 Å². The van der Waals surface area contributed by atoms with Gasteiger partial charge < -0.3 is 29.5 Å². The van der Waals surface area contributed by atoms with E-state index < -0.39 is 70.8 Å². The number of benzene rings is 1. The SMILES string of the molecule is C[C@@H]1C[C@@H](OC(=O)CCC(=O)c2ccccc2)[C@@]2(O)[C@@]13C[C@@H](OC(=O)[C@@H]3O)[C@@]1(O)C(=O)OC[C@@]21C. The van der Waals surface area contributed by atoms with Gasteiger partial charge in [0, 0.05) is 17.4 Å². The summed E-state index contributed by atoms with van der Waals surface area (Å²) in [5.41, 5.74) is -7.44. The van der Waals surface area contributed by atoms with Gasteiger partial charge in [-0.15, -0.1) is 0 Å². The summed E-state index contributed by atoms with van der Waals surface area (Å²) >= 11 is 0. The molecule has 0 radical (unpaired) electrons. The maximum Gasteiger partial charge on any atom is 0.342 e. The predicted octanol–water partition coefficient (Wildman–Crippen LogP) is 0.303. The van der Waals surface area contributed by atoms with Crippen molar-refractivity contribution in [1.29, 1.82) is 0 Å². The number of ether oxygens (including phenoxy) is 3. The Morgan fingerprint density at radius 1 is 1.14 bits per heavy atom. The number of aliphatic hydroxyl groups excluding tert-OH is 1. The molecule has 10 heteroatoms. The Kier molecular flexibility index (Phi) is 5.18. The van der Waals surface area contributed by atoms with Gasteiger partial charge in [0.25, 0.3) is 0 Å². The normalized spacial score (nSPS) is 43.6. The number of Topliss-reactive ketones (excluding diaryl/α,β-unsaturated/α-hetero) is 1. The maximum absolute atomic E-state index is 12.8. The minimum atomic E-state index is -2.39. The van der Waals surface area contributed by atoms with Gasteiger partial charge in [0.15, 0.2) is 11.9 Å². The summed E-state index contributed by atoms with van der Waals surface area (Å²) in [5, 5.41) is 34.9. The van der Waals surface area contributed by atoms with Crippen molar-refractivity contribution in [2.75, 3.05) is 6.61 Å². The highest BCUT2D eigenvalue weighted by Crippen LogP contribution is 2.72. The highest BCUT2D eigenvalue weighted by molar-refractivity contribution is 5.97. The number of carbonyl (C=O) groups is 4. The van der Waals surface area contributed by atoms with E-state index in [1.165, 1.54) is 6.92 Å². The van der Waals surface area contributed by atoms with Crippen LogP contribution in [0.3, 0.4) is 0 Å². The fraction of sp³-hybridized carbons (Fsp3) is 0.600. The van der Waals surface area contributed by atoms with Crippen molar-refractivity contribution in [2.24, 2.45) is 16.7 Å². The molecule has 2 saturated heterocycles. The molecule has 2 aliphatic heterocycles. The van der Waals surface area contributed by atoms with E-state index in [1.54, 1.807) is 37.3 Å². The van der Waals surface area contributed by atoms with Gasteiger partial charge in [-0.1, -0.05) is 37.3 Å². The van der Waals surface area contributed by atoms with Crippen molar-refractivity contribution in [3.63, 3.8) is 0 Å². The number of cyclic esters (lactones) is 1. The second-order valence-electron chi connectivity index (χ2n) is 10.4. The Bertz CT molecular complexity index is 1100. The molecular formula is C25H28O10. The van der Waals surface area contributed by atoms with Crippen LogP contribution in [-0.2, 0) is 28.6 Å². The lowest BCUT2D eigenvalue weighted by molar-refractivity contribution is -0.334. The molecule has 3 N–H and O–H groups in total. The van der Waals surface area contributed by atoms with Gasteiger partial charge in [-0.3, -0.25) is 9.59 Å². The Hall–Kier alpha value is -2.82. The number of hydrogen-bond acceptors (Lipinski definition) is 10. The molecule has 1 spiro atoms. The molecule has 4 fully saturated rings. The van der Waals surface area contributed by atoms with Gasteiger partial charge in [-0.05, 0) is 25.7 Å². The van der Waals surface area contributed by atoms with Crippen LogP contribution >= 0.6 is 0 Å². The van der Waals surface area contributed by atoms with Crippen molar-refractivity contribution >= 4 is 23.7 Å². The van der Waals surface area contributed by atoms with Crippen LogP contribution in [0.4, 0.5) is 0 Å². The fourth-order valence-corrected chi connectivity index (χ4v) is 7.07. The number of fused-ring (bicyclic) bond motifs is 4.